The maximum Gasteiger partial charge on any atom is 0.299 e. The monoisotopic (exact) mass is 583 g/mol. The van der Waals surface area contributed by atoms with E-state index in [0.717, 1.165) is 11.2 Å². The molecule has 5 rings (SSSR count). The lowest BCUT2D eigenvalue weighted by molar-refractivity contribution is -0.185. The van der Waals surface area contributed by atoms with Gasteiger partial charge in [0, 0.05) is 42.2 Å². The Kier molecular flexibility index (Phi) is 8.64. The average Bonchev–Trinajstić information content (AvgIpc) is 3.69. The minimum atomic E-state index is -3.10. The molecule has 41 heavy (non-hydrogen) atoms. The number of halogens is 2. The molecule has 2 aliphatic heterocycles. The Morgan fingerprint density at radius 2 is 1.95 bits per heavy atom. The predicted molar refractivity (Wildman–Crippen MR) is 153 cm³/mol. The molecule has 2 heterocycles. The first kappa shape index (κ1) is 29.1. The van der Waals surface area contributed by atoms with Gasteiger partial charge in [-0.15, -0.1) is 11.8 Å². The third-order valence-corrected chi connectivity index (χ3v) is 8.56. The Labute approximate surface area is 240 Å². The fourth-order valence-corrected chi connectivity index (χ4v) is 6.42. The highest BCUT2D eigenvalue weighted by Gasteiger charge is 2.44. The molecule has 216 valence electrons. The normalized spacial score (nSPS) is 20.0. The maximum absolute atomic E-state index is 15.0. The van der Waals surface area contributed by atoms with Gasteiger partial charge in [0.05, 0.1) is 38.1 Å². The number of fused-ring (bicyclic) bond motifs is 3. The summed E-state index contributed by atoms with van der Waals surface area (Å²) in [6.07, 6.45) is 4.46. The van der Waals surface area contributed by atoms with Crippen LogP contribution in [0.1, 0.15) is 29.5 Å². The summed E-state index contributed by atoms with van der Waals surface area (Å²) < 4.78 is 41.8. The van der Waals surface area contributed by atoms with Crippen molar-refractivity contribution in [3.05, 3.63) is 70.1 Å². The molecule has 0 aromatic heterocycles. The molecule has 0 saturated carbocycles. The molecule has 12 heteroatoms. The second-order valence-electron chi connectivity index (χ2n) is 10.1. The molecule has 4 N–H and O–H groups in total. The molecule has 0 bridgehead atoms. The van der Waals surface area contributed by atoms with E-state index < -0.39 is 11.7 Å². The molecule has 1 saturated heterocycles. The van der Waals surface area contributed by atoms with Crippen molar-refractivity contribution in [1.29, 1.82) is 5.41 Å². The summed E-state index contributed by atoms with van der Waals surface area (Å²) in [6, 6.07) is 11.0. The summed E-state index contributed by atoms with van der Waals surface area (Å²) in [6.45, 7) is 1.02. The fraction of sp³-hybridized carbons (Fsp3) is 0.379. The number of hydrogen-bond donors (Lipinski definition) is 3. The Balaban J connectivity index is 1.36. The van der Waals surface area contributed by atoms with Crippen LogP contribution in [-0.4, -0.2) is 67.0 Å². The van der Waals surface area contributed by atoms with Crippen LogP contribution in [0.15, 0.2) is 58.5 Å². The van der Waals surface area contributed by atoms with E-state index in [1.54, 1.807) is 42.1 Å². The summed E-state index contributed by atoms with van der Waals surface area (Å²) in [5.41, 5.74) is 4.83. The van der Waals surface area contributed by atoms with Crippen molar-refractivity contribution < 1.29 is 27.8 Å². The van der Waals surface area contributed by atoms with Gasteiger partial charge in [-0.05, 0) is 21.6 Å². The molecule has 3 aliphatic rings. The van der Waals surface area contributed by atoms with Crippen molar-refractivity contribution in [3.63, 3.8) is 0 Å². The van der Waals surface area contributed by atoms with Gasteiger partial charge in [0.1, 0.15) is 6.29 Å². The van der Waals surface area contributed by atoms with Crippen molar-refractivity contribution >= 4 is 35.9 Å². The minimum Gasteiger partial charge on any atom is -0.346 e. The first-order valence-electron chi connectivity index (χ1n) is 13.3. The number of carbonyl (C=O) groups excluding carboxylic acids is 2. The standard InChI is InChI=1S/C29H31F2N5O4S/c30-29(31)24-5-2-1-4-22(24)23-12-19(6-7-25(23)29)13-27(38)36(18-28(8-3-9-37)39-10-11-40-28)35-15-21-14-20(17-41-21)26(32)16-34-33/h1-2,4-7,9,12,14,16,20,32,35H,3,8,10-11,13,15,17-18,33H2/b32-26?,34-16-. The Bertz CT molecular complexity index is 1390. The maximum atomic E-state index is 15.0. The van der Waals surface area contributed by atoms with E-state index in [1.807, 2.05) is 6.08 Å². The zero-order chi connectivity index (χ0) is 29.0. The number of nitrogens with zero attached hydrogens (tertiary/aromatic N) is 2. The van der Waals surface area contributed by atoms with Crippen LogP contribution in [-0.2, 0) is 31.4 Å². The van der Waals surface area contributed by atoms with Crippen LogP contribution in [0.2, 0.25) is 0 Å². The molecule has 2 aromatic rings. The zero-order valence-corrected chi connectivity index (χ0v) is 23.1. The van der Waals surface area contributed by atoms with Crippen molar-refractivity contribution in [2.24, 2.45) is 16.9 Å². The number of thioether (sulfide) groups is 1. The number of hydrazine groups is 1. The Morgan fingerprint density at radius 1 is 1.20 bits per heavy atom. The summed E-state index contributed by atoms with van der Waals surface area (Å²) in [4.78, 5) is 25.8. The van der Waals surface area contributed by atoms with Gasteiger partial charge in [0.15, 0.2) is 5.79 Å². The molecular weight excluding hydrogens is 552 g/mol. The summed E-state index contributed by atoms with van der Waals surface area (Å²) in [5, 5.41) is 12.9. The number of nitrogens with one attached hydrogen (secondary N) is 2. The number of rotatable bonds is 12. The van der Waals surface area contributed by atoms with Crippen molar-refractivity contribution in [3.8, 4) is 11.1 Å². The van der Waals surface area contributed by atoms with Gasteiger partial charge in [0.25, 0.3) is 5.92 Å². The van der Waals surface area contributed by atoms with E-state index >= 15 is 8.78 Å². The summed E-state index contributed by atoms with van der Waals surface area (Å²) in [7, 11) is 0. The van der Waals surface area contributed by atoms with E-state index in [4.69, 9.17) is 20.7 Å². The van der Waals surface area contributed by atoms with Crippen LogP contribution in [0.4, 0.5) is 8.78 Å². The molecule has 1 amide bonds. The molecule has 0 radical (unpaired) electrons. The fourth-order valence-electron chi connectivity index (χ4n) is 5.32. The van der Waals surface area contributed by atoms with Gasteiger partial charge in [-0.3, -0.25) is 9.80 Å². The highest BCUT2D eigenvalue weighted by Crippen LogP contribution is 2.51. The first-order chi connectivity index (χ1) is 19.8. The molecule has 1 unspecified atom stereocenters. The van der Waals surface area contributed by atoms with E-state index in [9.17, 15) is 9.59 Å². The third kappa shape index (κ3) is 6.10. The predicted octanol–water partition coefficient (Wildman–Crippen LogP) is 3.62. The molecule has 1 atom stereocenters. The van der Waals surface area contributed by atoms with Crippen LogP contribution in [0.25, 0.3) is 11.1 Å². The number of nitrogens with two attached hydrogens (primary N) is 1. The van der Waals surface area contributed by atoms with Crippen molar-refractivity contribution in [2.45, 2.75) is 31.0 Å². The van der Waals surface area contributed by atoms with Crippen LogP contribution in [0.3, 0.4) is 0 Å². The van der Waals surface area contributed by atoms with Gasteiger partial charge >= 0.3 is 0 Å². The number of hydrogen-bond acceptors (Lipinski definition) is 9. The van der Waals surface area contributed by atoms with E-state index in [1.165, 1.54) is 23.4 Å². The Hall–Kier alpha value is -3.45. The number of carbonyl (C=O) groups is 2. The zero-order valence-electron chi connectivity index (χ0n) is 22.3. The number of alkyl halides is 2. The Morgan fingerprint density at radius 3 is 2.71 bits per heavy atom. The summed E-state index contributed by atoms with van der Waals surface area (Å²) in [5.74, 6) is 1.16. The molecule has 1 fully saturated rings. The molecular formula is C29H31F2N5O4S. The van der Waals surface area contributed by atoms with Crippen LogP contribution < -0.4 is 11.3 Å². The number of allylic oxidation sites excluding steroid dienone is 1. The van der Waals surface area contributed by atoms with Crippen LogP contribution in [0.5, 0.6) is 0 Å². The number of hydrazone groups is 1. The number of benzene rings is 2. The lowest BCUT2D eigenvalue weighted by Gasteiger charge is -2.34. The van der Waals surface area contributed by atoms with Crippen molar-refractivity contribution in [2.75, 3.05) is 32.1 Å². The summed E-state index contributed by atoms with van der Waals surface area (Å²) >= 11 is 1.56. The highest BCUT2D eigenvalue weighted by molar-refractivity contribution is 8.03. The molecule has 2 aromatic carbocycles. The largest absolute Gasteiger partial charge is 0.346 e. The van der Waals surface area contributed by atoms with E-state index in [-0.39, 0.29) is 48.8 Å². The second kappa shape index (κ2) is 12.2. The number of aldehydes is 1. The van der Waals surface area contributed by atoms with Gasteiger partial charge in [-0.2, -0.15) is 13.9 Å². The topological polar surface area (TPSA) is 130 Å². The molecule has 1 aliphatic carbocycles. The van der Waals surface area contributed by atoms with Gasteiger partial charge in [0.2, 0.25) is 5.91 Å². The number of ether oxygens (including phenoxy) is 2. The highest BCUT2D eigenvalue weighted by atomic mass is 32.2. The molecule has 9 nitrogen and oxygen atoms in total. The van der Waals surface area contributed by atoms with Gasteiger partial charge < -0.3 is 25.5 Å². The number of amides is 1. The van der Waals surface area contributed by atoms with Gasteiger partial charge in [-0.25, -0.2) is 5.43 Å². The van der Waals surface area contributed by atoms with E-state index in [2.05, 4.69) is 10.5 Å². The molecule has 0 spiro atoms. The van der Waals surface area contributed by atoms with E-state index in [0.29, 0.717) is 47.9 Å². The third-order valence-electron chi connectivity index (χ3n) is 7.38. The quantitative estimate of drug-likeness (QED) is 0.151. The SMILES string of the molecule is N=C(/C=N\N)C1C=C(CNN(CC2(CCC=O)OCCO2)C(=O)Cc2ccc3c(c2)-c2ccccc2C3(F)F)SC1. The first-order valence-corrected chi connectivity index (χ1v) is 14.3. The van der Waals surface area contributed by atoms with Gasteiger partial charge in [-0.1, -0.05) is 48.5 Å². The second-order valence-corrected chi connectivity index (χ2v) is 11.2. The van der Waals surface area contributed by atoms with Crippen molar-refractivity contribution in [1.82, 2.24) is 10.4 Å². The van der Waals surface area contributed by atoms with Crippen LogP contribution in [0, 0.1) is 11.3 Å². The van der Waals surface area contributed by atoms with Crippen LogP contribution >= 0.6 is 11.8 Å². The lowest BCUT2D eigenvalue weighted by Crippen LogP contribution is -2.53. The lowest BCUT2D eigenvalue weighted by atomic mass is 10.0. The minimum absolute atomic E-state index is 0.0303. The average molecular weight is 584 g/mol. The smallest absolute Gasteiger partial charge is 0.299 e.